The molecular formula is C12H17F3N2O4S. The van der Waals surface area contributed by atoms with Gasteiger partial charge in [0.25, 0.3) is 0 Å². The SMILES string of the molecule is CC(C)(C)OC(=O)NCC(O)C(O)c1nc(C(F)(F)F)cs1. The van der Waals surface area contributed by atoms with E-state index in [1.54, 1.807) is 20.8 Å². The second kappa shape index (κ2) is 6.80. The van der Waals surface area contributed by atoms with Crippen LogP contribution in [0.15, 0.2) is 5.38 Å². The van der Waals surface area contributed by atoms with Crippen LogP contribution >= 0.6 is 11.3 Å². The van der Waals surface area contributed by atoms with Crippen molar-refractivity contribution in [3.63, 3.8) is 0 Å². The number of ether oxygens (including phenoxy) is 1. The lowest BCUT2D eigenvalue weighted by molar-refractivity contribution is -0.141. The van der Waals surface area contributed by atoms with Crippen LogP contribution in [-0.4, -0.2) is 39.5 Å². The van der Waals surface area contributed by atoms with Crippen LogP contribution in [0.1, 0.15) is 37.6 Å². The highest BCUT2D eigenvalue weighted by molar-refractivity contribution is 7.09. The smallest absolute Gasteiger partial charge is 0.434 e. The van der Waals surface area contributed by atoms with Crippen molar-refractivity contribution in [1.82, 2.24) is 10.3 Å². The molecule has 0 aliphatic heterocycles. The average molecular weight is 342 g/mol. The summed E-state index contributed by atoms with van der Waals surface area (Å²) < 4.78 is 42.1. The lowest BCUT2D eigenvalue weighted by Crippen LogP contribution is -2.38. The van der Waals surface area contributed by atoms with Crippen LogP contribution in [0.3, 0.4) is 0 Å². The van der Waals surface area contributed by atoms with Gasteiger partial charge < -0.3 is 20.3 Å². The highest BCUT2D eigenvalue weighted by Crippen LogP contribution is 2.32. The fourth-order valence-electron chi connectivity index (χ4n) is 1.33. The molecule has 6 nitrogen and oxygen atoms in total. The van der Waals surface area contributed by atoms with E-state index in [2.05, 4.69) is 10.3 Å². The summed E-state index contributed by atoms with van der Waals surface area (Å²) in [6.07, 6.45) is -8.58. The van der Waals surface area contributed by atoms with Gasteiger partial charge in [0.1, 0.15) is 22.8 Å². The van der Waals surface area contributed by atoms with Crippen molar-refractivity contribution in [3.8, 4) is 0 Å². The molecule has 1 heterocycles. The summed E-state index contributed by atoms with van der Waals surface area (Å²) in [7, 11) is 0. The van der Waals surface area contributed by atoms with Gasteiger partial charge in [0.2, 0.25) is 0 Å². The second-order valence-corrected chi connectivity index (χ2v) is 6.35. The molecule has 0 aromatic carbocycles. The first kappa shape index (κ1) is 18.7. The number of halogens is 3. The summed E-state index contributed by atoms with van der Waals surface area (Å²) in [5, 5.41) is 22.1. The second-order valence-electron chi connectivity index (χ2n) is 5.46. The minimum absolute atomic E-state index is 0.286. The number of carbonyl (C=O) groups is 1. The molecule has 0 radical (unpaired) electrons. The third-order valence-electron chi connectivity index (χ3n) is 2.28. The monoisotopic (exact) mass is 342 g/mol. The van der Waals surface area contributed by atoms with E-state index in [0.717, 1.165) is 5.38 Å². The summed E-state index contributed by atoms with van der Waals surface area (Å²) in [5.74, 6) is 0. The molecule has 0 spiro atoms. The molecule has 1 rings (SSSR count). The van der Waals surface area contributed by atoms with Crippen molar-refractivity contribution in [2.45, 2.75) is 44.8 Å². The number of aliphatic hydroxyl groups is 2. The molecule has 0 aliphatic rings. The molecule has 0 fully saturated rings. The minimum Gasteiger partial charge on any atom is -0.444 e. The maximum Gasteiger partial charge on any atom is 0.434 e. The number of alkyl halides is 3. The van der Waals surface area contributed by atoms with Crippen LogP contribution in [0.4, 0.5) is 18.0 Å². The van der Waals surface area contributed by atoms with Crippen LogP contribution in [0.2, 0.25) is 0 Å². The average Bonchev–Trinajstić information content (AvgIpc) is 2.82. The van der Waals surface area contributed by atoms with Gasteiger partial charge >= 0.3 is 12.3 Å². The molecule has 0 saturated heterocycles. The Morgan fingerprint density at radius 1 is 1.41 bits per heavy atom. The number of aliphatic hydroxyl groups excluding tert-OH is 2. The fraction of sp³-hybridized carbons (Fsp3) is 0.667. The van der Waals surface area contributed by atoms with Crippen molar-refractivity contribution in [2.75, 3.05) is 6.54 Å². The third-order valence-corrected chi connectivity index (χ3v) is 3.20. The molecule has 1 aromatic heterocycles. The number of amides is 1. The van der Waals surface area contributed by atoms with Crippen LogP contribution in [0.5, 0.6) is 0 Å². The zero-order valence-corrected chi connectivity index (χ0v) is 13.0. The van der Waals surface area contributed by atoms with Gasteiger partial charge in [-0.15, -0.1) is 11.3 Å². The number of hydrogen-bond acceptors (Lipinski definition) is 6. The van der Waals surface area contributed by atoms with E-state index >= 15 is 0 Å². The normalized spacial score (nSPS) is 15.3. The number of thiazole rings is 1. The molecule has 2 unspecified atom stereocenters. The fourth-order valence-corrected chi connectivity index (χ4v) is 2.20. The summed E-state index contributed by atoms with van der Waals surface area (Å²) in [5.41, 5.74) is -1.87. The highest BCUT2D eigenvalue weighted by Gasteiger charge is 2.35. The van der Waals surface area contributed by atoms with Crippen LogP contribution in [0.25, 0.3) is 0 Å². The van der Waals surface area contributed by atoms with Gasteiger partial charge in [-0.05, 0) is 20.8 Å². The minimum atomic E-state index is -4.62. The van der Waals surface area contributed by atoms with Gasteiger partial charge in [-0.2, -0.15) is 13.2 Å². The number of rotatable bonds is 4. The largest absolute Gasteiger partial charge is 0.444 e. The Balaban J connectivity index is 2.57. The highest BCUT2D eigenvalue weighted by atomic mass is 32.1. The van der Waals surface area contributed by atoms with Gasteiger partial charge in [-0.1, -0.05) is 0 Å². The molecule has 2 atom stereocenters. The molecular weight excluding hydrogens is 325 g/mol. The predicted molar refractivity (Wildman–Crippen MR) is 72.3 cm³/mol. The van der Waals surface area contributed by atoms with Crippen molar-refractivity contribution in [3.05, 3.63) is 16.1 Å². The summed E-state index contributed by atoms with van der Waals surface area (Å²) in [6, 6.07) is 0. The molecule has 3 N–H and O–H groups in total. The lowest BCUT2D eigenvalue weighted by Gasteiger charge is -2.21. The van der Waals surface area contributed by atoms with E-state index in [-0.39, 0.29) is 5.01 Å². The van der Waals surface area contributed by atoms with E-state index in [4.69, 9.17) is 4.74 Å². The Kier molecular flexibility index (Phi) is 5.76. The molecule has 0 aliphatic carbocycles. The first-order chi connectivity index (χ1) is 9.90. The molecule has 1 amide bonds. The van der Waals surface area contributed by atoms with Crippen molar-refractivity contribution < 1.29 is 32.9 Å². The van der Waals surface area contributed by atoms with Gasteiger partial charge in [0.05, 0.1) is 0 Å². The van der Waals surface area contributed by atoms with E-state index in [9.17, 15) is 28.2 Å². The molecule has 0 bridgehead atoms. The van der Waals surface area contributed by atoms with Gasteiger partial charge in [0, 0.05) is 11.9 Å². The van der Waals surface area contributed by atoms with E-state index < -0.39 is 42.3 Å². The maximum absolute atomic E-state index is 12.4. The standard InChI is InChI=1S/C12H17F3N2O4S/c1-11(2,3)21-10(20)16-4-6(18)8(19)9-17-7(5-22-9)12(13,14)15/h5-6,8,18-19H,4H2,1-3H3,(H,16,20). The van der Waals surface area contributed by atoms with Crippen molar-refractivity contribution in [1.29, 1.82) is 0 Å². The summed E-state index contributed by atoms with van der Waals surface area (Å²) in [6.45, 7) is 4.54. The third kappa shape index (κ3) is 5.78. The predicted octanol–water partition coefficient (Wildman–Crippen LogP) is 2.08. The lowest BCUT2D eigenvalue weighted by atomic mass is 10.2. The number of nitrogens with one attached hydrogen (secondary N) is 1. The van der Waals surface area contributed by atoms with E-state index in [1.807, 2.05) is 0 Å². The Labute approximate surface area is 128 Å². The molecule has 10 heteroatoms. The zero-order chi connectivity index (χ0) is 17.1. The molecule has 1 aromatic rings. The number of nitrogens with zero attached hydrogens (tertiary/aromatic N) is 1. The number of alkyl carbamates (subject to hydrolysis) is 1. The molecule has 22 heavy (non-hydrogen) atoms. The van der Waals surface area contributed by atoms with Crippen LogP contribution < -0.4 is 5.32 Å². The number of hydrogen-bond donors (Lipinski definition) is 3. The number of carbonyl (C=O) groups excluding carboxylic acids is 1. The van der Waals surface area contributed by atoms with Crippen LogP contribution in [-0.2, 0) is 10.9 Å². The Morgan fingerprint density at radius 2 is 2.00 bits per heavy atom. The van der Waals surface area contributed by atoms with E-state index in [0.29, 0.717) is 11.3 Å². The van der Waals surface area contributed by atoms with E-state index in [1.165, 1.54) is 0 Å². The van der Waals surface area contributed by atoms with Gasteiger partial charge in [-0.25, -0.2) is 9.78 Å². The maximum atomic E-state index is 12.4. The first-order valence-corrected chi connectivity index (χ1v) is 7.13. The van der Waals surface area contributed by atoms with Gasteiger partial charge in [-0.3, -0.25) is 0 Å². The summed E-state index contributed by atoms with van der Waals surface area (Å²) >= 11 is 0.572. The Hall–Kier alpha value is -1.39. The number of aromatic nitrogens is 1. The summed E-state index contributed by atoms with van der Waals surface area (Å²) in [4.78, 5) is 14.6. The zero-order valence-electron chi connectivity index (χ0n) is 12.1. The topological polar surface area (TPSA) is 91.7 Å². The first-order valence-electron chi connectivity index (χ1n) is 6.26. The van der Waals surface area contributed by atoms with Crippen LogP contribution in [0, 0.1) is 0 Å². The molecule has 0 saturated carbocycles. The van der Waals surface area contributed by atoms with Crippen molar-refractivity contribution >= 4 is 17.4 Å². The Morgan fingerprint density at radius 3 is 2.45 bits per heavy atom. The quantitative estimate of drug-likeness (QED) is 0.779. The van der Waals surface area contributed by atoms with Crippen molar-refractivity contribution in [2.24, 2.45) is 0 Å². The molecule has 126 valence electrons. The Bertz CT molecular complexity index is 513. The van der Waals surface area contributed by atoms with Gasteiger partial charge in [0.15, 0.2) is 5.69 Å².